The monoisotopic (exact) mass is 319 g/mol. The quantitative estimate of drug-likeness (QED) is 0.773. The van der Waals surface area contributed by atoms with Gasteiger partial charge in [0.05, 0.1) is 17.7 Å². The standard InChI is InChI=1S/C20H21N3O/c1-3-23(17-10-4-7-15(2)13-17)14-19(24)22-18-11-5-8-16-9-6-12-21-20(16)18/h4-13H,3,14H2,1-2H3,(H,22,24). The zero-order valence-electron chi connectivity index (χ0n) is 14.0. The highest BCUT2D eigenvalue weighted by Crippen LogP contribution is 2.21. The summed E-state index contributed by atoms with van der Waals surface area (Å²) in [6, 6.07) is 17.9. The van der Waals surface area contributed by atoms with Gasteiger partial charge in [-0.15, -0.1) is 0 Å². The van der Waals surface area contributed by atoms with Crippen molar-refractivity contribution in [2.45, 2.75) is 13.8 Å². The van der Waals surface area contributed by atoms with Gasteiger partial charge in [-0.05, 0) is 43.7 Å². The summed E-state index contributed by atoms with van der Waals surface area (Å²) in [6.45, 7) is 5.18. The van der Waals surface area contributed by atoms with E-state index in [1.165, 1.54) is 5.56 Å². The summed E-state index contributed by atoms with van der Waals surface area (Å²) in [4.78, 5) is 18.9. The first kappa shape index (κ1) is 16.0. The molecule has 2 aromatic carbocycles. The van der Waals surface area contributed by atoms with Crippen LogP contribution in [0.5, 0.6) is 0 Å². The first-order valence-electron chi connectivity index (χ1n) is 8.12. The maximum Gasteiger partial charge on any atom is 0.243 e. The fourth-order valence-electron chi connectivity index (χ4n) is 2.78. The number of pyridine rings is 1. The molecule has 0 atom stereocenters. The van der Waals surface area contributed by atoms with E-state index in [9.17, 15) is 4.79 Å². The lowest BCUT2D eigenvalue weighted by atomic mass is 10.2. The molecule has 4 heteroatoms. The smallest absolute Gasteiger partial charge is 0.243 e. The summed E-state index contributed by atoms with van der Waals surface area (Å²) >= 11 is 0. The number of hydrogen-bond donors (Lipinski definition) is 1. The van der Waals surface area contributed by atoms with Crippen molar-refractivity contribution in [2.24, 2.45) is 0 Å². The number of para-hydroxylation sites is 1. The minimum absolute atomic E-state index is 0.0449. The number of nitrogens with zero attached hydrogens (tertiary/aromatic N) is 2. The van der Waals surface area contributed by atoms with Crippen LogP contribution in [0.3, 0.4) is 0 Å². The second-order valence-electron chi connectivity index (χ2n) is 5.78. The van der Waals surface area contributed by atoms with E-state index in [2.05, 4.69) is 41.2 Å². The zero-order chi connectivity index (χ0) is 16.9. The van der Waals surface area contributed by atoms with Crippen molar-refractivity contribution in [3.05, 3.63) is 66.4 Å². The first-order chi connectivity index (χ1) is 11.7. The summed E-state index contributed by atoms with van der Waals surface area (Å²) in [5.41, 5.74) is 3.80. The van der Waals surface area contributed by atoms with Crippen LogP contribution in [0.1, 0.15) is 12.5 Å². The van der Waals surface area contributed by atoms with Crippen molar-refractivity contribution in [3.63, 3.8) is 0 Å². The molecule has 0 bridgehead atoms. The molecule has 3 aromatic rings. The molecule has 0 saturated carbocycles. The van der Waals surface area contributed by atoms with Crippen molar-refractivity contribution in [1.82, 2.24) is 4.98 Å². The molecule has 4 nitrogen and oxygen atoms in total. The van der Waals surface area contributed by atoms with Gasteiger partial charge in [-0.25, -0.2) is 0 Å². The van der Waals surface area contributed by atoms with Crippen molar-refractivity contribution < 1.29 is 4.79 Å². The van der Waals surface area contributed by atoms with Crippen molar-refractivity contribution in [1.29, 1.82) is 0 Å². The zero-order valence-corrected chi connectivity index (χ0v) is 14.0. The topological polar surface area (TPSA) is 45.2 Å². The maximum absolute atomic E-state index is 12.5. The van der Waals surface area contributed by atoms with Crippen LogP contribution in [0.25, 0.3) is 10.9 Å². The molecule has 24 heavy (non-hydrogen) atoms. The molecule has 0 radical (unpaired) electrons. The molecule has 122 valence electrons. The summed E-state index contributed by atoms with van der Waals surface area (Å²) in [5.74, 6) is -0.0449. The largest absolute Gasteiger partial charge is 0.362 e. The van der Waals surface area contributed by atoms with E-state index in [0.29, 0.717) is 6.54 Å². The summed E-state index contributed by atoms with van der Waals surface area (Å²) in [6.07, 6.45) is 1.74. The lowest BCUT2D eigenvalue weighted by Crippen LogP contribution is -2.33. The number of likely N-dealkylation sites (N-methyl/N-ethyl adjacent to an activating group) is 1. The highest BCUT2D eigenvalue weighted by molar-refractivity contribution is 6.01. The average Bonchev–Trinajstić information content (AvgIpc) is 2.60. The molecule has 0 saturated heterocycles. The van der Waals surface area contributed by atoms with Crippen LogP contribution in [-0.2, 0) is 4.79 Å². The molecule has 0 aliphatic heterocycles. The summed E-state index contributed by atoms with van der Waals surface area (Å²) < 4.78 is 0. The van der Waals surface area contributed by atoms with Gasteiger partial charge >= 0.3 is 0 Å². The second-order valence-corrected chi connectivity index (χ2v) is 5.78. The van der Waals surface area contributed by atoms with Gasteiger partial charge in [0.15, 0.2) is 0 Å². The van der Waals surface area contributed by atoms with Gasteiger partial charge in [-0.2, -0.15) is 0 Å². The highest BCUT2D eigenvalue weighted by Gasteiger charge is 2.12. The summed E-state index contributed by atoms with van der Waals surface area (Å²) in [7, 11) is 0. The Bertz CT molecular complexity index is 855. The van der Waals surface area contributed by atoms with E-state index in [0.717, 1.165) is 28.8 Å². The van der Waals surface area contributed by atoms with Crippen molar-refractivity contribution in [3.8, 4) is 0 Å². The Morgan fingerprint density at radius 3 is 2.71 bits per heavy atom. The minimum atomic E-state index is -0.0449. The number of hydrogen-bond acceptors (Lipinski definition) is 3. The number of fused-ring (bicyclic) bond motifs is 1. The number of nitrogens with one attached hydrogen (secondary N) is 1. The molecule has 3 rings (SSSR count). The fraction of sp³-hybridized carbons (Fsp3) is 0.200. The molecule has 1 aromatic heterocycles. The van der Waals surface area contributed by atoms with Crippen LogP contribution >= 0.6 is 0 Å². The van der Waals surface area contributed by atoms with Gasteiger partial charge in [-0.3, -0.25) is 9.78 Å². The second kappa shape index (κ2) is 7.13. The van der Waals surface area contributed by atoms with Gasteiger partial charge < -0.3 is 10.2 Å². The average molecular weight is 319 g/mol. The van der Waals surface area contributed by atoms with Gasteiger partial charge in [0.2, 0.25) is 5.91 Å². The number of benzene rings is 2. The lowest BCUT2D eigenvalue weighted by Gasteiger charge is -2.23. The van der Waals surface area contributed by atoms with E-state index >= 15 is 0 Å². The third-order valence-corrected chi connectivity index (χ3v) is 3.99. The third kappa shape index (κ3) is 3.54. The van der Waals surface area contributed by atoms with Crippen molar-refractivity contribution >= 4 is 28.2 Å². The molecular weight excluding hydrogens is 298 g/mol. The Morgan fingerprint density at radius 2 is 1.92 bits per heavy atom. The normalized spacial score (nSPS) is 10.6. The number of carbonyl (C=O) groups is 1. The van der Waals surface area contributed by atoms with Crippen LogP contribution in [0, 0.1) is 6.92 Å². The number of aromatic nitrogens is 1. The van der Waals surface area contributed by atoms with Crippen molar-refractivity contribution in [2.75, 3.05) is 23.3 Å². The van der Waals surface area contributed by atoms with E-state index in [1.807, 2.05) is 42.5 Å². The number of carbonyl (C=O) groups excluding carboxylic acids is 1. The Kier molecular flexibility index (Phi) is 4.75. The Balaban J connectivity index is 1.76. The molecule has 1 amide bonds. The Labute approximate surface area is 142 Å². The van der Waals surface area contributed by atoms with Gasteiger partial charge in [0.25, 0.3) is 0 Å². The predicted octanol–water partition coefficient (Wildman–Crippen LogP) is 4.01. The molecule has 0 aliphatic rings. The van der Waals surface area contributed by atoms with Gasteiger partial charge in [0.1, 0.15) is 0 Å². The molecule has 0 unspecified atom stereocenters. The van der Waals surface area contributed by atoms with Crippen LogP contribution in [0.4, 0.5) is 11.4 Å². The SMILES string of the molecule is CCN(CC(=O)Nc1cccc2cccnc12)c1cccc(C)c1. The summed E-state index contributed by atoms with van der Waals surface area (Å²) in [5, 5.41) is 4.01. The maximum atomic E-state index is 12.5. The van der Waals surface area contributed by atoms with E-state index < -0.39 is 0 Å². The van der Waals surface area contributed by atoms with Crippen LogP contribution < -0.4 is 10.2 Å². The highest BCUT2D eigenvalue weighted by atomic mass is 16.2. The molecular formula is C20H21N3O. The number of amides is 1. The number of aryl methyl sites for hydroxylation is 1. The Morgan fingerprint density at radius 1 is 1.12 bits per heavy atom. The minimum Gasteiger partial charge on any atom is -0.362 e. The third-order valence-electron chi connectivity index (χ3n) is 3.99. The van der Waals surface area contributed by atoms with Crippen LogP contribution in [-0.4, -0.2) is 24.0 Å². The molecule has 1 N–H and O–H groups in total. The number of rotatable bonds is 5. The predicted molar refractivity (Wildman–Crippen MR) is 99.4 cm³/mol. The van der Waals surface area contributed by atoms with E-state index in [-0.39, 0.29) is 5.91 Å². The first-order valence-corrected chi connectivity index (χ1v) is 8.12. The molecule has 0 spiro atoms. The molecule has 0 fully saturated rings. The van der Waals surface area contributed by atoms with E-state index in [4.69, 9.17) is 0 Å². The van der Waals surface area contributed by atoms with Crippen LogP contribution in [0.2, 0.25) is 0 Å². The molecule has 0 aliphatic carbocycles. The van der Waals surface area contributed by atoms with Gasteiger partial charge in [-0.1, -0.05) is 30.3 Å². The molecule has 1 heterocycles. The van der Waals surface area contributed by atoms with Crippen LogP contribution in [0.15, 0.2) is 60.8 Å². The number of anilines is 2. The lowest BCUT2D eigenvalue weighted by molar-refractivity contribution is -0.115. The fourth-order valence-corrected chi connectivity index (χ4v) is 2.78. The van der Waals surface area contributed by atoms with E-state index in [1.54, 1.807) is 6.20 Å². The van der Waals surface area contributed by atoms with Gasteiger partial charge in [0, 0.05) is 23.8 Å². The Hall–Kier alpha value is -2.88.